The van der Waals surface area contributed by atoms with Crippen LogP contribution in [0.25, 0.3) is 11.1 Å². The average molecular weight is 361 g/mol. The summed E-state index contributed by atoms with van der Waals surface area (Å²) in [5, 5.41) is 0. The number of hydrogen-bond acceptors (Lipinski definition) is 0. The molecule has 0 radical (unpaired) electrons. The normalized spacial score (nSPS) is 10.9. The van der Waals surface area contributed by atoms with E-state index in [-0.39, 0.29) is 5.82 Å². The van der Waals surface area contributed by atoms with Crippen LogP contribution in [0.15, 0.2) is 66.7 Å². The number of benzene rings is 3. The summed E-state index contributed by atoms with van der Waals surface area (Å²) >= 11 is 0. The van der Waals surface area contributed by atoms with E-state index >= 15 is 0 Å². The van der Waals surface area contributed by atoms with Gasteiger partial charge >= 0.3 is 0 Å². The highest BCUT2D eigenvalue weighted by Crippen LogP contribution is 2.23. The summed E-state index contributed by atoms with van der Waals surface area (Å²) in [5.41, 5.74) is 6.80. The van der Waals surface area contributed by atoms with E-state index in [0.29, 0.717) is 0 Å². The topological polar surface area (TPSA) is 0 Å². The van der Waals surface area contributed by atoms with Crippen LogP contribution >= 0.6 is 0 Å². The van der Waals surface area contributed by atoms with Crippen LogP contribution in [-0.2, 0) is 25.7 Å². The Balaban J connectivity index is 1.65. The first kappa shape index (κ1) is 19.4. The number of hydrogen-bond donors (Lipinski definition) is 0. The third-order valence-electron chi connectivity index (χ3n) is 5.12. The fraction of sp³-hybridized carbons (Fsp3) is 0.308. The summed E-state index contributed by atoms with van der Waals surface area (Å²) in [6.07, 6.45) is 6.12. The van der Waals surface area contributed by atoms with Gasteiger partial charge in [-0.15, -0.1) is 0 Å². The van der Waals surface area contributed by atoms with Gasteiger partial charge in [-0.05, 0) is 65.1 Å². The first-order chi connectivity index (χ1) is 13.2. The molecule has 0 unspecified atom stereocenters. The van der Waals surface area contributed by atoms with Gasteiger partial charge in [-0.3, -0.25) is 0 Å². The van der Waals surface area contributed by atoms with Crippen LogP contribution in [0.3, 0.4) is 0 Å². The number of aryl methyl sites for hydroxylation is 4. The Morgan fingerprint density at radius 2 is 1.04 bits per heavy atom. The van der Waals surface area contributed by atoms with E-state index in [2.05, 4.69) is 62.4 Å². The molecule has 3 rings (SSSR count). The highest BCUT2D eigenvalue weighted by atomic mass is 19.1. The van der Waals surface area contributed by atoms with Crippen LogP contribution < -0.4 is 0 Å². The van der Waals surface area contributed by atoms with Gasteiger partial charge in [-0.1, -0.05) is 87.4 Å². The second-order valence-corrected chi connectivity index (χ2v) is 7.32. The fourth-order valence-corrected chi connectivity index (χ4v) is 3.52. The van der Waals surface area contributed by atoms with Crippen molar-refractivity contribution in [3.63, 3.8) is 0 Å². The highest BCUT2D eigenvalue weighted by molar-refractivity contribution is 5.64. The molecule has 3 aromatic rings. The molecule has 1 heteroatoms. The second-order valence-electron chi connectivity index (χ2n) is 7.32. The second kappa shape index (κ2) is 9.50. The van der Waals surface area contributed by atoms with E-state index in [1.54, 1.807) is 6.07 Å². The Morgan fingerprint density at radius 3 is 1.56 bits per heavy atom. The molecule has 0 aromatic heterocycles. The smallest absolute Gasteiger partial charge is 0.127 e. The minimum atomic E-state index is -0.104. The molecule has 0 aliphatic carbocycles. The lowest BCUT2D eigenvalue weighted by Gasteiger charge is -2.08. The summed E-state index contributed by atoms with van der Waals surface area (Å²) < 4.78 is 14.6. The minimum Gasteiger partial charge on any atom is -0.207 e. The molecule has 0 heterocycles. The molecule has 140 valence electrons. The van der Waals surface area contributed by atoms with Crippen molar-refractivity contribution >= 4 is 0 Å². The van der Waals surface area contributed by atoms with Crippen molar-refractivity contribution in [1.29, 1.82) is 0 Å². The molecule has 0 aliphatic heterocycles. The Labute approximate surface area is 163 Å². The minimum absolute atomic E-state index is 0.104. The lowest BCUT2D eigenvalue weighted by molar-refractivity contribution is 0.609. The van der Waals surface area contributed by atoms with E-state index in [1.165, 1.54) is 16.7 Å². The zero-order chi connectivity index (χ0) is 19.1. The highest BCUT2D eigenvalue weighted by Gasteiger charge is 2.06. The van der Waals surface area contributed by atoms with Crippen molar-refractivity contribution in [1.82, 2.24) is 0 Å². The molecule has 0 saturated heterocycles. The zero-order valence-electron chi connectivity index (χ0n) is 16.5. The lowest BCUT2D eigenvalue weighted by atomic mass is 9.98. The van der Waals surface area contributed by atoms with Crippen LogP contribution in [0, 0.1) is 5.82 Å². The van der Waals surface area contributed by atoms with E-state index < -0.39 is 0 Å². The Bertz CT molecular complexity index is 844. The van der Waals surface area contributed by atoms with Gasteiger partial charge in [0, 0.05) is 0 Å². The van der Waals surface area contributed by atoms with Crippen molar-refractivity contribution in [3.8, 4) is 11.1 Å². The summed E-state index contributed by atoms with van der Waals surface area (Å²) in [4.78, 5) is 0. The number of rotatable bonds is 8. The van der Waals surface area contributed by atoms with Gasteiger partial charge in [-0.2, -0.15) is 0 Å². The molecule has 0 fully saturated rings. The summed E-state index contributed by atoms with van der Waals surface area (Å²) in [5.74, 6) is -0.104. The predicted molar refractivity (Wildman–Crippen MR) is 114 cm³/mol. The monoisotopic (exact) mass is 360 g/mol. The van der Waals surface area contributed by atoms with E-state index in [1.807, 2.05) is 12.1 Å². The van der Waals surface area contributed by atoms with Gasteiger partial charge in [0.05, 0.1) is 0 Å². The zero-order valence-corrected chi connectivity index (χ0v) is 16.5. The average Bonchev–Trinajstić information content (AvgIpc) is 2.69. The fourth-order valence-electron chi connectivity index (χ4n) is 3.52. The summed E-state index contributed by atoms with van der Waals surface area (Å²) in [6, 6.07) is 22.9. The molecule has 0 spiro atoms. The van der Waals surface area contributed by atoms with Gasteiger partial charge in [0.2, 0.25) is 0 Å². The van der Waals surface area contributed by atoms with Crippen LogP contribution in [0.2, 0.25) is 0 Å². The molecular weight excluding hydrogens is 331 g/mol. The van der Waals surface area contributed by atoms with Gasteiger partial charge in [-0.25, -0.2) is 4.39 Å². The summed E-state index contributed by atoms with van der Waals surface area (Å²) in [6.45, 7) is 4.38. The van der Waals surface area contributed by atoms with E-state index in [9.17, 15) is 4.39 Å². The Morgan fingerprint density at radius 1 is 0.556 bits per heavy atom. The standard InChI is InChI=1S/C26H29F/c1-3-5-20-7-9-22(10-8-20)13-16-24-17-18-25(19-26(24)27)23-14-11-21(6-4-2)12-15-23/h7-12,14-15,17-19H,3-6,13,16H2,1-2H3. The maximum absolute atomic E-state index is 14.6. The molecule has 0 atom stereocenters. The first-order valence-corrected chi connectivity index (χ1v) is 10.1. The maximum atomic E-state index is 14.6. The maximum Gasteiger partial charge on any atom is 0.127 e. The molecule has 0 amide bonds. The van der Waals surface area contributed by atoms with Crippen LogP contribution in [-0.4, -0.2) is 0 Å². The van der Waals surface area contributed by atoms with Gasteiger partial charge in [0.1, 0.15) is 5.82 Å². The van der Waals surface area contributed by atoms with E-state index in [4.69, 9.17) is 0 Å². The molecule has 27 heavy (non-hydrogen) atoms. The molecular formula is C26H29F. The quantitative estimate of drug-likeness (QED) is 0.399. The van der Waals surface area contributed by atoms with Gasteiger partial charge in [0.25, 0.3) is 0 Å². The van der Waals surface area contributed by atoms with Crippen molar-refractivity contribution in [2.75, 3.05) is 0 Å². The third kappa shape index (κ3) is 5.29. The molecule has 0 bridgehead atoms. The molecule has 0 aliphatic rings. The predicted octanol–water partition coefficient (Wildman–Crippen LogP) is 7.18. The molecule has 0 N–H and O–H groups in total. The van der Waals surface area contributed by atoms with Gasteiger partial charge in [0.15, 0.2) is 0 Å². The SMILES string of the molecule is CCCc1ccc(CCc2ccc(-c3ccc(CCC)cc3)cc2F)cc1. The van der Waals surface area contributed by atoms with E-state index in [0.717, 1.165) is 55.2 Å². The Kier molecular flexibility index (Phi) is 6.81. The van der Waals surface area contributed by atoms with Gasteiger partial charge < -0.3 is 0 Å². The molecule has 3 aromatic carbocycles. The molecule has 0 nitrogen and oxygen atoms in total. The molecule has 0 saturated carbocycles. The largest absolute Gasteiger partial charge is 0.207 e. The van der Waals surface area contributed by atoms with Crippen LogP contribution in [0.5, 0.6) is 0 Å². The lowest BCUT2D eigenvalue weighted by Crippen LogP contribution is -1.96. The number of halogens is 1. The van der Waals surface area contributed by atoms with Crippen molar-refractivity contribution in [2.45, 2.75) is 52.4 Å². The first-order valence-electron chi connectivity index (χ1n) is 10.1. The summed E-state index contributed by atoms with van der Waals surface area (Å²) in [7, 11) is 0. The van der Waals surface area contributed by atoms with Crippen molar-refractivity contribution in [2.24, 2.45) is 0 Å². The van der Waals surface area contributed by atoms with Crippen molar-refractivity contribution < 1.29 is 4.39 Å². The van der Waals surface area contributed by atoms with Crippen LogP contribution in [0.4, 0.5) is 4.39 Å². The Hall–Kier alpha value is -2.41. The van der Waals surface area contributed by atoms with Crippen molar-refractivity contribution in [3.05, 3.63) is 94.8 Å². The van der Waals surface area contributed by atoms with Crippen LogP contribution in [0.1, 0.15) is 48.9 Å². The third-order valence-corrected chi connectivity index (χ3v) is 5.12.